The third-order valence-electron chi connectivity index (χ3n) is 3.16. The molecule has 1 aromatic rings. The Hall–Kier alpha value is 0.180. The smallest absolute Gasteiger partial charge is 0.0178 e. The minimum atomic E-state index is 0.661. The van der Waals surface area contributed by atoms with Crippen LogP contribution in [0.2, 0.25) is 0 Å². The predicted octanol–water partition coefficient (Wildman–Crippen LogP) is 6.29. The molecule has 0 aliphatic heterocycles. The fraction of sp³-hybridized carbons (Fsp3) is 0.600. The number of alkyl halides is 1. The predicted molar refractivity (Wildman–Crippen MR) is 84.1 cm³/mol. The Morgan fingerprint density at radius 2 is 1.88 bits per heavy atom. The maximum Gasteiger partial charge on any atom is 0.0178 e. The van der Waals surface area contributed by atoms with Crippen LogP contribution in [0.3, 0.4) is 0 Å². The summed E-state index contributed by atoms with van der Waals surface area (Å²) < 4.78 is 1.19. The molecular weight excluding hydrogens is 340 g/mol. The van der Waals surface area contributed by atoms with Gasteiger partial charge in [0.2, 0.25) is 0 Å². The lowest BCUT2D eigenvalue weighted by Crippen LogP contribution is -2.00. The van der Waals surface area contributed by atoms with Crippen molar-refractivity contribution in [3.05, 3.63) is 34.3 Å². The van der Waals surface area contributed by atoms with Crippen molar-refractivity contribution in [1.29, 1.82) is 0 Å². The Balaban J connectivity index is 2.38. The van der Waals surface area contributed by atoms with Crippen molar-refractivity contribution >= 4 is 31.9 Å². The molecule has 0 aromatic heterocycles. The molecule has 1 aromatic carbocycles. The van der Waals surface area contributed by atoms with E-state index in [1.165, 1.54) is 48.6 Å². The van der Waals surface area contributed by atoms with Crippen LogP contribution >= 0.6 is 31.9 Å². The first-order valence-electron chi connectivity index (χ1n) is 6.59. The summed E-state index contributed by atoms with van der Waals surface area (Å²) in [6, 6.07) is 8.71. The van der Waals surface area contributed by atoms with Crippen molar-refractivity contribution in [2.45, 2.75) is 51.4 Å². The highest BCUT2D eigenvalue weighted by atomic mass is 79.9. The molecule has 0 radical (unpaired) electrons. The van der Waals surface area contributed by atoms with Gasteiger partial charge in [0.25, 0.3) is 0 Å². The van der Waals surface area contributed by atoms with Crippen LogP contribution in [0.25, 0.3) is 0 Å². The molecule has 0 aliphatic carbocycles. The van der Waals surface area contributed by atoms with Crippen LogP contribution in [0.5, 0.6) is 0 Å². The van der Waals surface area contributed by atoms with Gasteiger partial charge in [-0.05, 0) is 30.0 Å². The largest absolute Gasteiger partial charge is 0.0921 e. The first kappa shape index (κ1) is 15.2. The third-order valence-corrected chi connectivity index (χ3v) is 4.44. The Morgan fingerprint density at radius 3 is 2.53 bits per heavy atom. The topological polar surface area (TPSA) is 0 Å². The van der Waals surface area contributed by atoms with Crippen molar-refractivity contribution < 1.29 is 0 Å². The fourth-order valence-corrected chi connectivity index (χ4v) is 3.20. The van der Waals surface area contributed by atoms with Gasteiger partial charge in [-0.15, -0.1) is 0 Å². The molecule has 96 valence electrons. The molecule has 0 saturated carbocycles. The maximum absolute atomic E-state index is 3.64. The second-order valence-electron chi connectivity index (χ2n) is 4.61. The molecule has 0 saturated heterocycles. The number of unbranched alkanes of at least 4 members (excludes halogenated alkanes) is 4. The zero-order valence-electron chi connectivity index (χ0n) is 10.6. The third kappa shape index (κ3) is 6.05. The van der Waals surface area contributed by atoms with E-state index in [-0.39, 0.29) is 0 Å². The zero-order chi connectivity index (χ0) is 12.5. The van der Waals surface area contributed by atoms with Crippen LogP contribution in [-0.2, 0) is 0 Å². The maximum atomic E-state index is 3.64. The summed E-state index contributed by atoms with van der Waals surface area (Å²) in [7, 11) is 0. The van der Waals surface area contributed by atoms with Crippen LogP contribution in [-0.4, -0.2) is 5.33 Å². The van der Waals surface area contributed by atoms with Gasteiger partial charge in [0.1, 0.15) is 0 Å². The number of hydrogen-bond acceptors (Lipinski definition) is 0. The highest BCUT2D eigenvalue weighted by Gasteiger charge is 2.09. The minimum absolute atomic E-state index is 0.661. The summed E-state index contributed by atoms with van der Waals surface area (Å²) in [4.78, 5) is 0. The van der Waals surface area contributed by atoms with Crippen LogP contribution in [0.15, 0.2) is 28.7 Å². The highest BCUT2D eigenvalue weighted by molar-refractivity contribution is 9.10. The van der Waals surface area contributed by atoms with E-state index in [1.54, 1.807) is 0 Å². The first-order chi connectivity index (χ1) is 8.27. The Bertz CT molecular complexity index is 310. The highest BCUT2D eigenvalue weighted by Crippen LogP contribution is 2.26. The number of hydrogen-bond donors (Lipinski definition) is 0. The van der Waals surface area contributed by atoms with Crippen molar-refractivity contribution in [2.24, 2.45) is 0 Å². The quantitative estimate of drug-likeness (QED) is 0.377. The summed E-state index contributed by atoms with van der Waals surface area (Å²) >= 11 is 7.19. The van der Waals surface area contributed by atoms with Gasteiger partial charge in [-0.2, -0.15) is 0 Å². The minimum Gasteiger partial charge on any atom is -0.0921 e. The van der Waals surface area contributed by atoms with Gasteiger partial charge >= 0.3 is 0 Å². The molecule has 0 heterocycles. The van der Waals surface area contributed by atoms with E-state index in [4.69, 9.17) is 0 Å². The summed E-state index contributed by atoms with van der Waals surface area (Å²) in [6.07, 6.45) is 8.13. The van der Waals surface area contributed by atoms with Crippen molar-refractivity contribution in [3.8, 4) is 0 Å². The number of benzene rings is 1. The molecule has 0 bridgehead atoms. The molecule has 1 atom stereocenters. The molecule has 1 unspecified atom stereocenters. The standard InChI is InChI=1S/C15H22Br2/c1-2-3-4-5-6-8-14(12-16)13-9-7-10-15(17)11-13/h7,9-11,14H,2-6,8,12H2,1H3. The number of rotatable bonds is 8. The van der Waals surface area contributed by atoms with Crippen molar-refractivity contribution in [2.75, 3.05) is 5.33 Å². The molecule has 0 amide bonds. The zero-order valence-corrected chi connectivity index (χ0v) is 13.8. The molecule has 17 heavy (non-hydrogen) atoms. The Kier molecular flexibility index (Phi) is 8.21. The molecular formula is C15H22Br2. The van der Waals surface area contributed by atoms with Gasteiger partial charge in [0.15, 0.2) is 0 Å². The lowest BCUT2D eigenvalue weighted by atomic mass is 9.95. The average molecular weight is 362 g/mol. The molecule has 0 spiro atoms. The van der Waals surface area contributed by atoms with E-state index in [1.807, 2.05) is 0 Å². The van der Waals surface area contributed by atoms with E-state index in [0.29, 0.717) is 5.92 Å². The van der Waals surface area contributed by atoms with E-state index < -0.39 is 0 Å². The first-order valence-corrected chi connectivity index (χ1v) is 8.50. The SMILES string of the molecule is CCCCCCCC(CBr)c1cccc(Br)c1. The van der Waals surface area contributed by atoms with E-state index in [0.717, 1.165) is 5.33 Å². The summed E-state index contributed by atoms with van der Waals surface area (Å²) in [5, 5.41) is 1.07. The Morgan fingerprint density at radius 1 is 1.12 bits per heavy atom. The molecule has 2 heteroatoms. The second-order valence-corrected chi connectivity index (χ2v) is 6.17. The Labute approximate surface area is 122 Å². The van der Waals surface area contributed by atoms with E-state index >= 15 is 0 Å². The van der Waals surface area contributed by atoms with E-state index in [2.05, 4.69) is 63.0 Å². The van der Waals surface area contributed by atoms with Gasteiger partial charge in [0.05, 0.1) is 0 Å². The van der Waals surface area contributed by atoms with Gasteiger partial charge in [-0.1, -0.05) is 83.0 Å². The monoisotopic (exact) mass is 360 g/mol. The normalized spacial score (nSPS) is 12.6. The lowest BCUT2D eigenvalue weighted by Gasteiger charge is -2.14. The number of halogens is 2. The molecule has 0 nitrogen and oxygen atoms in total. The van der Waals surface area contributed by atoms with Crippen LogP contribution in [0.4, 0.5) is 0 Å². The molecule has 0 fully saturated rings. The van der Waals surface area contributed by atoms with Crippen LogP contribution in [0, 0.1) is 0 Å². The summed E-state index contributed by atoms with van der Waals surface area (Å²) in [5.74, 6) is 0.661. The van der Waals surface area contributed by atoms with Gasteiger partial charge in [-0.3, -0.25) is 0 Å². The summed E-state index contributed by atoms with van der Waals surface area (Å²) in [5.41, 5.74) is 1.45. The van der Waals surface area contributed by atoms with Crippen LogP contribution < -0.4 is 0 Å². The lowest BCUT2D eigenvalue weighted by molar-refractivity contribution is 0.571. The van der Waals surface area contributed by atoms with E-state index in [9.17, 15) is 0 Å². The summed E-state index contributed by atoms with van der Waals surface area (Å²) in [6.45, 7) is 2.27. The van der Waals surface area contributed by atoms with Crippen molar-refractivity contribution in [1.82, 2.24) is 0 Å². The van der Waals surface area contributed by atoms with Gasteiger partial charge < -0.3 is 0 Å². The van der Waals surface area contributed by atoms with Gasteiger partial charge in [0, 0.05) is 9.80 Å². The van der Waals surface area contributed by atoms with Gasteiger partial charge in [-0.25, -0.2) is 0 Å². The molecule has 0 N–H and O–H groups in total. The molecule has 0 aliphatic rings. The van der Waals surface area contributed by atoms with Crippen molar-refractivity contribution in [3.63, 3.8) is 0 Å². The van der Waals surface area contributed by atoms with Crippen LogP contribution in [0.1, 0.15) is 56.9 Å². The second kappa shape index (κ2) is 9.16. The molecule has 1 rings (SSSR count). The fourth-order valence-electron chi connectivity index (χ4n) is 2.09. The average Bonchev–Trinajstić information content (AvgIpc) is 2.34.